The summed E-state index contributed by atoms with van der Waals surface area (Å²) in [5, 5.41) is 2.58. The zero-order valence-electron chi connectivity index (χ0n) is 13.0. The third-order valence-electron chi connectivity index (χ3n) is 3.32. The summed E-state index contributed by atoms with van der Waals surface area (Å²) in [7, 11) is 0. The third-order valence-corrected chi connectivity index (χ3v) is 3.32. The molecule has 1 fully saturated rings. The van der Waals surface area contributed by atoms with Crippen LogP contribution in [-0.4, -0.2) is 55.2 Å². The molecule has 0 bridgehead atoms. The molecule has 0 aliphatic carbocycles. The van der Waals surface area contributed by atoms with Gasteiger partial charge in [0.2, 0.25) is 5.91 Å². The Bertz CT molecular complexity index is 496. The van der Waals surface area contributed by atoms with Crippen LogP contribution >= 0.6 is 0 Å². The Hall–Kier alpha value is -2.08. The Morgan fingerprint density at radius 3 is 2.50 bits per heavy atom. The Kier molecular flexibility index (Phi) is 5.77. The van der Waals surface area contributed by atoms with E-state index >= 15 is 0 Å². The summed E-state index contributed by atoms with van der Waals surface area (Å²) in [5.41, 5.74) is 0. The number of rotatable bonds is 5. The summed E-state index contributed by atoms with van der Waals surface area (Å²) in [5.74, 6) is 0.210. The number of ether oxygens (including phenoxy) is 2. The zero-order chi connectivity index (χ0) is 15.9. The molecular weight excluding hydrogens is 284 g/mol. The Morgan fingerprint density at radius 1 is 1.23 bits per heavy atom. The topological polar surface area (TPSA) is 67.9 Å². The van der Waals surface area contributed by atoms with Crippen LogP contribution in [0.15, 0.2) is 30.3 Å². The van der Waals surface area contributed by atoms with Crippen molar-refractivity contribution in [3.63, 3.8) is 0 Å². The number of benzene rings is 1. The molecule has 1 heterocycles. The molecule has 0 unspecified atom stereocenters. The van der Waals surface area contributed by atoms with Gasteiger partial charge < -0.3 is 19.7 Å². The van der Waals surface area contributed by atoms with Gasteiger partial charge in [-0.3, -0.25) is 9.59 Å². The summed E-state index contributed by atoms with van der Waals surface area (Å²) in [6.45, 7) is 4.85. The number of amides is 2. The van der Waals surface area contributed by atoms with E-state index in [2.05, 4.69) is 5.32 Å². The summed E-state index contributed by atoms with van der Waals surface area (Å²) in [6, 6.07) is 9.08. The van der Waals surface area contributed by atoms with E-state index in [4.69, 9.17) is 9.47 Å². The molecule has 1 aromatic rings. The number of carbonyl (C=O) groups excluding carboxylic acids is 2. The predicted molar refractivity (Wildman–Crippen MR) is 81.5 cm³/mol. The lowest BCUT2D eigenvalue weighted by Gasteiger charge is -2.35. The van der Waals surface area contributed by atoms with Crippen LogP contribution in [0, 0.1) is 0 Å². The summed E-state index contributed by atoms with van der Waals surface area (Å²) in [6.07, 6.45) is 0.0367. The Labute approximate surface area is 130 Å². The van der Waals surface area contributed by atoms with Crippen LogP contribution in [0.4, 0.5) is 0 Å². The van der Waals surface area contributed by atoms with Crippen LogP contribution in [0.5, 0.6) is 5.75 Å². The summed E-state index contributed by atoms with van der Waals surface area (Å²) in [4.78, 5) is 25.5. The minimum atomic E-state index is -0.313. The van der Waals surface area contributed by atoms with Gasteiger partial charge in [0.1, 0.15) is 5.75 Å². The van der Waals surface area contributed by atoms with Gasteiger partial charge in [0.05, 0.1) is 18.8 Å². The first kappa shape index (κ1) is 16.3. The number of nitrogens with one attached hydrogen (secondary N) is 1. The molecule has 1 aliphatic rings. The number of hydrogen-bond acceptors (Lipinski definition) is 4. The van der Waals surface area contributed by atoms with Crippen LogP contribution in [-0.2, 0) is 14.3 Å². The van der Waals surface area contributed by atoms with E-state index in [-0.39, 0.29) is 37.2 Å². The van der Waals surface area contributed by atoms with E-state index in [1.54, 1.807) is 17.0 Å². The minimum absolute atomic E-state index is 0.0174. The molecule has 2 atom stereocenters. The van der Waals surface area contributed by atoms with Gasteiger partial charge in [-0.2, -0.15) is 0 Å². The monoisotopic (exact) mass is 306 g/mol. The second-order valence-electron chi connectivity index (χ2n) is 5.43. The van der Waals surface area contributed by atoms with Crippen molar-refractivity contribution in [3.8, 4) is 5.75 Å². The van der Waals surface area contributed by atoms with Gasteiger partial charge in [-0.1, -0.05) is 18.2 Å². The molecule has 0 radical (unpaired) electrons. The fourth-order valence-corrected chi connectivity index (χ4v) is 2.38. The smallest absolute Gasteiger partial charge is 0.258 e. The predicted octanol–water partition coefficient (Wildman–Crippen LogP) is 0.817. The number of carbonyl (C=O) groups is 2. The van der Waals surface area contributed by atoms with E-state index in [9.17, 15) is 9.59 Å². The lowest BCUT2D eigenvalue weighted by Crippen LogP contribution is -2.51. The van der Waals surface area contributed by atoms with Crippen molar-refractivity contribution < 1.29 is 19.1 Å². The second-order valence-corrected chi connectivity index (χ2v) is 5.43. The number of para-hydroxylation sites is 1. The first-order chi connectivity index (χ1) is 10.5. The lowest BCUT2D eigenvalue weighted by atomic mass is 10.2. The van der Waals surface area contributed by atoms with Gasteiger partial charge in [0, 0.05) is 13.1 Å². The molecule has 1 saturated heterocycles. The van der Waals surface area contributed by atoms with Crippen LogP contribution in [0.2, 0.25) is 0 Å². The van der Waals surface area contributed by atoms with Gasteiger partial charge in [-0.15, -0.1) is 0 Å². The molecule has 6 heteroatoms. The maximum atomic E-state index is 12.1. The van der Waals surface area contributed by atoms with Gasteiger partial charge in [0.25, 0.3) is 5.91 Å². The summed E-state index contributed by atoms with van der Waals surface area (Å²) < 4.78 is 10.9. The van der Waals surface area contributed by atoms with E-state index in [0.29, 0.717) is 18.8 Å². The molecular formula is C16H22N2O4. The van der Waals surface area contributed by atoms with E-state index in [0.717, 1.165) is 0 Å². The first-order valence-corrected chi connectivity index (χ1v) is 7.42. The average molecular weight is 306 g/mol. The molecule has 1 N–H and O–H groups in total. The highest BCUT2D eigenvalue weighted by Gasteiger charge is 2.25. The van der Waals surface area contributed by atoms with Gasteiger partial charge in [0.15, 0.2) is 6.61 Å². The van der Waals surface area contributed by atoms with Gasteiger partial charge >= 0.3 is 0 Å². The lowest BCUT2D eigenvalue weighted by molar-refractivity contribution is -0.143. The number of morpholine rings is 1. The fraction of sp³-hybridized carbons (Fsp3) is 0.500. The fourth-order valence-electron chi connectivity index (χ4n) is 2.38. The molecule has 0 saturated carbocycles. The van der Waals surface area contributed by atoms with E-state index < -0.39 is 0 Å². The highest BCUT2D eigenvalue weighted by molar-refractivity contribution is 5.85. The van der Waals surface area contributed by atoms with Gasteiger partial charge in [-0.05, 0) is 26.0 Å². The maximum Gasteiger partial charge on any atom is 0.258 e. The van der Waals surface area contributed by atoms with Crippen LogP contribution in [0.25, 0.3) is 0 Å². The number of hydrogen-bond donors (Lipinski definition) is 1. The molecule has 1 aliphatic heterocycles. The van der Waals surface area contributed by atoms with Crippen molar-refractivity contribution in [2.24, 2.45) is 0 Å². The average Bonchev–Trinajstić information content (AvgIpc) is 2.50. The highest BCUT2D eigenvalue weighted by Crippen LogP contribution is 2.10. The Morgan fingerprint density at radius 2 is 1.86 bits per heavy atom. The van der Waals surface area contributed by atoms with Crippen molar-refractivity contribution >= 4 is 11.8 Å². The van der Waals surface area contributed by atoms with Crippen molar-refractivity contribution in [1.29, 1.82) is 0 Å². The molecule has 120 valence electrons. The van der Waals surface area contributed by atoms with Gasteiger partial charge in [-0.25, -0.2) is 0 Å². The largest absolute Gasteiger partial charge is 0.484 e. The van der Waals surface area contributed by atoms with Crippen LogP contribution in [0.3, 0.4) is 0 Å². The third kappa shape index (κ3) is 5.04. The summed E-state index contributed by atoms with van der Waals surface area (Å²) >= 11 is 0. The zero-order valence-corrected chi connectivity index (χ0v) is 13.0. The highest BCUT2D eigenvalue weighted by atomic mass is 16.5. The Balaban J connectivity index is 1.70. The second kappa shape index (κ2) is 7.79. The van der Waals surface area contributed by atoms with Crippen molar-refractivity contribution in [3.05, 3.63) is 30.3 Å². The van der Waals surface area contributed by atoms with Crippen molar-refractivity contribution in [1.82, 2.24) is 10.2 Å². The molecule has 22 heavy (non-hydrogen) atoms. The molecule has 0 aromatic heterocycles. The molecule has 2 amide bonds. The van der Waals surface area contributed by atoms with Crippen molar-refractivity contribution in [2.45, 2.75) is 26.1 Å². The van der Waals surface area contributed by atoms with Crippen molar-refractivity contribution in [2.75, 3.05) is 26.2 Å². The van der Waals surface area contributed by atoms with Crippen LogP contribution in [0.1, 0.15) is 13.8 Å². The van der Waals surface area contributed by atoms with Crippen LogP contribution < -0.4 is 10.1 Å². The quantitative estimate of drug-likeness (QED) is 0.874. The molecule has 6 nitrogen and oxygen atoms in total. The minimum Gasteiger partial charge on any atom is -0.484 e. The maximum absolute atomic E-state index is 12.1. The molecule has 1 aromatic carbocycles. The first-order valence-electron chi connectivity index (χ1n) is 7.42. The van der Waals surface area contributed by atoms with E-state index in [1.165, 1.54) is 0 Å². The standard InChI is InChI=1S/C16H22N2O4/c1-12-9-18(10-13(2)22-12)16(20)8-17-15(19)11-21-14-6-4-3-5-7-14/h3-7,12-13H,8-11H2,1-2H3,(H,17,19)/t12-,13-/m0/s1. The van der Waals surface area contributed by atoms with E-state index in [1.807, 2.05) is 32.0 Å². The number of nitrogens with zero attached hydrogens (tertiary/aromatic N) is 1. The molecule has 0 spiro atoms. The molecule has 2 rings (SSSR count). The normalized spacial score (nSPS) is 21.3. The SMILES string of the molecule is C[C@H]1CN(C(=O)CNC(=O)COc2ccccc2)C[C@H](C)O1.